The molecule has 0 atom stereocenters. The third-order valence-electron chi connectivity index (χ3n) is 3.17. The van der Waals surface area contributed by atoms with Crippen LogP contribution in [0.2, 0.25) is 0 Å². The van der Waals surface area contributed by atoms with Crippen molar-refractivity contribution in [1.82, 2.24) is 15.6 Å². The Hall–Kier alpha value is -2.89. The Balaban J connectivity index is 1.70. The van der Waals surface area contributed by atoms with Gasteiger partial charge in [-0.1, -0.05) is 18.2 Å². The van der Waals surface area contributed by atoms with Crippen LogP contribution in [-0.2, 0) is 11.3 Å². The lowest BCUT2D eigenvalue weighted by atomic mass is 10.2. The molecular formula is C17H19N3O3. The minimum Gasteiger partial charge on any atom is -0.481 e. The fourth-order valence-corrected chi connectivity index (χ4v) is 1.94. The molecule has 0 radical (unpaired) electrons. The number of aromatic nitrogens is 1. The largest absolute Gasteiger partial charge is 0.481 e. The van der Waals surface area contributed by atoms with Crippen LogP contribution in [0, 0.1) is 0 Å². The molecule has 2 rings (SSSR count). The standard InChI is InChI=1S/C17H19N3O3/c1-23-16-11-13(7-9-18-16)12-20-15(21)8-10-19-17(22)14-5-3-2-4-6-14/h2-7,9,11H,8,10,12H2,1H3,(H,19,22)(H,20,21). The molecule has 0 aliphatic carbocycles. The van der Waals surface area contributed by atoms with E-state index >= 15 is 0 Å². The maximum Gasteiger partial charge on any atom is 0.251 e. The minimum atomic E-state index is -0.183. The van der Waals surface area contributed by atoms with Crippen molar-refractivity contribution < 1.29 is 14.3 Å². The van der Waals surface area contributed by atoms with Gasteiger partial charge in [-0.05, 0) is 23.8 Å². The van der Waals surface area contributed by atoms with Gasteiger partial charge in [-0.15, -0.1) is 0 Å². The van der Waals surface area contributed by atoms with Crippen molar-refractivity contribution >= 4 is 11.8 Å². The van der Waals surface area contributed by atoms with Gasteiger partial charge in [-0.2, -0.15) is 0 Å². The summed E-state index contributed by atoms with van der Waals surface area (Å²) >= 11 is 0. The molecule has 1 aromatic heterocycles. The highest BCUT2D eigenvalue weighted by atomic mass is 16.5. The lowest BCUT2D eigenvalue weighted by molar-refractivity contribution is -0.121. The van der Waals surface area contributed by atoms with Crippen molar-refractivity contribution in [2.24, 2.45) is 0 Å². The Morgan fingerprint density at radius 2 is 1.91 bits per heavy atom. The summed E-state index contributed by atoms with van der Waals surface area (Å²) in [7, 11) is 1.54. The van der Waals surface area contributed by atoms with E-state index in [0.29, 0.717) is 24.5 Å². The minimum absolute atomic E-state index is 0.130. The molecule has 0 saturated carbocycles. The number of hydrogen-bond acceptors (Lipinski definition) is 4. The van der Waals surface area contributed by atoms with Gasteiger partial charge in [0.25, 0.3) is 5.91 Å². The maximum absolute atomic E-state index is 11.8. The molecule has 0 spiro atoms. The molecule has 0 saturated heterocycles. The molecule has 0 fully saturated rings. The zero-order valence-corrected chi connectivity index (χ0v) is 12.9. The highest BCUT2D eigenvalue weighted by Crippen LogP contribution is 2.08. The van der Waals surface area contributed by atoms with Gasteiger partial charge in [-0.3, -0.25) is 9.59 Å². The molecular weight excluding hydrogens is 294 g/mol. The van der Waals surface area contributed by atoms with Crippen LogP contribution < -0.4 is 15.4 Å². The van der Waals surface area contributed by atoms with Crippen molar-refractivity contribution in [1.29, 1.82) is 0 Å². The molecule has 2 amide bonds. The third kappa shape index (κ3) is 5.43. The lowest BCUT2D eigenvalue weighted by Crippen LogP contribution is -2.30. The SMILES string of the molecule is COc1cc(CNC(=O)CCNC(=O)c2ccccc2)ccn1. The lowest BCUT2D eigenvalue weighted by Gasteiger charge is -2.07. The van der Waals surface area contributed by atoms with Gasteiger partial charge in [0.15, 0.2) is 0 Å². The second kappa shape index (κ2) is 8.53. The first kappa shape index (κ1) is 16.5. The second-order valence-electron chi connectivity index (χ2n) is 4.86. The third-order valence-corrected chi connectivity index (χ3v) is 3.17. The van der Waals surface area contributed by atoms with Crippen LogP contribution in [0.4, 0.5) is 0 Å². The van der Waals surface area contributed by atoms with Crippen LogP contribution in [0.15, 0.2) is 48.7 Å². The van der Waals surface area contributed by atoms with E-state index in [1.54, 1.807) is 49.7 Å². The van der Waals surface area contributed by atoms with E-state index in [2.05, 4.69) is 15.6 Å². The van der Waals surface area contributed by atoms with Crippen LogP contribution in [0.3, 0.4) is 0 Å². The second-order valence-corrected chi connectivity index (χ2v) is 4.86. The van der Waals surface area contributed by atoms with E-state index in [0.717, 1.165) is 5.56 Å². The first-order valence-electron chi connectivity index (χ1n) is 7.28. The Labute approximate surface area is 134 Å². The van der Waals surface area contributed by atoms with E-state index in [9.17, 15) is 9.59 Å². The quantitative estimate of drug-likeness (QED) is 0.812. The molecule has 0 aliphatic rings. The maximum atomic E-state index is 11.8. The molecule has 6 nitrogen and oxygen atoms in total. The van der Waals surface area contributed by atoms with Crippen LogP contribution >= 0.6 is 0 Å². The smallest absolute Gasteiger partial charge is 0.251 e. The number of pyridine rings is 1. The molecule has 1 heterocycles. The van der Waals surface area contributed by atoms with Gasteiger partial charge in [0, 0.05) is 37.3 Å². The van der Waals surface area contributed by atoms with E-state index in [1.165, 1.54) is 0 Å². The molecule has 6 heteroatoms. The first-order chi connectivity index (χ1) is 11.2. The number of amides is 2. The Morgan fingerprint density at radius 3 is 2.65 bits per heavy atom. The van der Waals surface area contributed by atoms with E-state index in [-0.39, 0.29) is 18.2 Å². The summed E-state index contributed by atoms with van der Waals surface area (Å²) in [6, 6.07) is 12.5. The van der Waals surface area contributed by atoms with Gasteiger partial charge < -0.3 is 15.4 Å². The highest BCUT2D eigenvalue weighted by molar-refractivity contribution is 5.94. The highest BCUT2D eigenvalue weighted by Gasteiger charge is 2.06. The molecule has 0 unspecified atom stereocenters. The fourth-order valence-electron chi connectivity index (χ4n) is 1.94. The van der Waals surface area contributed by atoms with Crippen LogP contribution in [0.5, 0.6) is 5.88 Å². The summed E-state index contributed by atoms with van der Waals surface area (Å²) in [5.41, 5.74) is 1.48. The summed E-state index contributed by atoms with van der Waals surface area (Å²) < 4.78 is 5.02. The average Bonchev–Trinajstić information content (AvgIpc) is 2.61. The predicted molar refractivity (Wildman–Crippen MR) is 86.0 cm³/mol. The van der Waals surface area contributed by atoms with Crippen molar-refractivity contribution in [3.8, 4) is 5.88 Å². The summed E-state index contributed by atoms with van der Waals surface area (Å²) in [6.07, 6.45) is 1.85. The van der Waals surface area contributed by atoms with E-state index in [4.69, 9.17) is 4.74 Å². The number of benzene rings is 1. The number of nitrogens with one attached hydrogen (secondary N) is 2. The van der Waals surface area contributed by atoms with Crippen molar-refractivity contribution in [2.45, 2.75) is 13.0 Å². The zero-order valence-electron chi connectivity index (χ0n) is 12.9. The normalized spacial score (nSPS) is 9.96. The first-order valence-corrected chi connectivity index (χ1v) is 7.28. The van der Waals surface area contributed by atoms with Crippen molar-refractivity contribution in [2.75, 3.05) is 13.7 Å². The fraction of sp³-hybridized carbons (Fsp3) is 0.235. The topological polar surface area (TPSA) is 80.3 Å². The molecule has 0 bridgehead atoms. The number of methoxy groups -OCH3 is 1. The number of nitrogens with zero attached hydrogens (tertiary/aromatic N) is 1. The molecule has 1 aromatic carbocycles. The van der Waals surface area contributed by atoms with Gasteiger partial charge >= 0.3 is 0 Å². The van der Waals surface area contributed by atoms with Crippen LogP contribution in [0.25, 0.3) is 0 Å². The van der Waals surface area contributed by atoms with Crippen molar-refractivity contribution in [3.63, 3.8) is 0 Å². The summed E-state index contributed by atoms with van der Waals surface area (Å²) in [5, 5.41) is 5.51. The number of hydrogen-bond donors (Lipinski definition) is 2. The number of rotatable bonds is 7. The van der Waals surface area contributed by atoms with E-state index < -0.39 is 0 Å². The van der Waals surface area contributed by atoms with Gasteiger partial charge in [0.1, 0.15) is 0 Å². The monoisotopic (exact) mass is 313 g/mol. The average molecular weight is 313 g/mol. The molecule has 2 aromatic rings. The number of carbonyl (C=O) groups excluding carboxylic acids is 2. The van der Waals surface area contributed by atoms with Gasteiger partial charge in [-0.25, -0.2) is 4.98 Å². The molecule has 120 valence electrons. The zero-order chi connectivity index (χ0) is 16.5. The summed E-state index contributed by atoms with van der Waals surface area (Å²) in [6.45, 7) is 0.684. The molecule has 0 aliphatic heterocycles. The van der Waals surface area contributed by atoms with Gasteiger partial charge in [0.05, 0.1) is 7.11 Å². The van der Waals surface area contributed by atoms with E-state index in [1.807, 2.05) is 6.07 Å². The van der Waals surface area contributed by atoms with Crippen LogP contribution in [0.1, 0.15) is 22.3 Å². The Kier molecular flexibility index (Phi) is 6.11. The number of carbonyl (C=O) groups is 2. The summed E-state index contributed by atoms with van der Waals surface area (Å²) in [4.78, 5) is 27.6. The Bertz CT molecular complexity index is 659. The Morgan fingerprint density at radius 1 is 1.13 bits per heavy atom. The van der Waals surface area contributed by atoms with Crippen molar-refractivity contribution in [3.05, 3.63) is 59.8 Å². The van der Waals surface area contributed by atoms with Crippen LogP contribution in [-0.4, -0.2) is 30.5 Å². The number of ether oxygens (including phenoxy) is 1. The predicted octanol–water partition coefficient (Wildman–Crippen LogP) is 1.53. The van der Waals surface area contributed by atoms with Gasteiger partial charge in [0.2, 0.25) is 11.8 Å². The molecule has 23 heavy (non-hydrogen) atoms. The summed E-state index contributed by atoms with van der Waals surface area (Å²) in [5.74, 6) is 0.193. The molecule has 2 N–H and O–H groups in total.